The molecule has 2 amide bonds. The molecule has 0 spiro atoms. The van der Waals surface area contributed by atoms with E-state index >= 15 is 0 Å². The van der Waals surface area contributed by atoms with Crippen molar-refractivity contribution in [3.8, 4) is 16.9 Å². The molecular formula is C30H29N3O6S. The van der Waals surface area contributed by atoms with Gasteiger partial charge in [0.2, 0.25) is 10.0 Å². The molecule has 0 fully saturated rings. The first-order chi connectivity index (χ1) is 19.2. The van der Waals surface area contributed by atoms with Gasteiger partial charge in [0.05, 0.1) is 19.6 Å². The van der Waals surface area contributed by atoms with Gasteiger partial charge in [0, 0.05) is 12.2 Å². The molecular weight excluding hydrogens is 530 g/mol. The number of nitrogens with one attached hydrogen (secondary N) is 3. The second kappa shape index (κ2) is 12.9. The quantitative estimate of drug-likeness (QED) is 0.200. The molecule has 4 aromatic carbocycles. The van der Waals surface area contributed by atoms with E-state index in [1.165, 1.54) is 19.2 Å². The number of urea groups is 1. The molecule has 0 aromatic heterocycles. The smallest absolute Gasteiger partial charge is 0.319 e. The van der Waals surface area contributed by atoms with Crippen LogP contribution in [0.25, 0.3) is 11.1 Å². The highest BCUT2D eigenvalue weighted by Crippen LogP contribution is 2.32. The van der Waals surface area contributed by atoms with Crippen molar-refractivity contribution in [1.29, 1.82) is 0 Å². The van der Waals surface area contributed by atoms with Gasteiger partial charge in [0.25, 0.3) is 0 Å². The van der Waals surface area contributed by atoms with Gasteiger partial charge in [0.1, 0.15) is 10.6 Å². The van der Waals surface area contributed by atoms with Gasteiger partial charge in [0.15, 0.2) is 0 Å². The number of carboxylic acid groups (broad SMARTS) is 1. The van der Waals surface area contributed by atoms with E-state index in [0.717, 1.165) is 5.56 Å². The minimum absolute atomic E-state index is 0.105. The molecule has 0 heterocycles. The number of methoxy groups -OCH3 is 1. The second-order valence-corrected chi connectivity index (χ2v) is 10.6. The third kappa shape index (κ3) is 7.46. The highest BCUT2D eigenvalue weighted by atomic mass is 32.2. The van der Waals surface area contributed by atoms with Crippen molar-refractivity contribution in [2.24, 2.45) is 0 Å². The van der Waals surface area contributed by atoms with Gasteiger partial charge in [-0.05, 0) is 46.5 Å². The molecule has 0 aliphatic rings. The minimum atomic E-state index is -4.21. The number of carboxylic acids is 1. The highest BCUT2D eigenvalue weighted by molar-refractivity contribution is 7.89. The summed E-state index contributed by atoms with van der Waals surface area (Å²) in [6, 6.07) is 28.3. The number of aliphatic carboxylic acids is 1. The molecule has 0 aliphatic heterocycles. The van der Waals surface area contributed by atoms with Crippen LogP contribution in [0.2, 0.25) is 0 Å². The van der Waals surface area contributed by atoms with Crippen LogP contribution in [0.4, 0.5) is 10.5 Å². The molecule has 40 heavy (non-hydrogen) atoms. The number of anilines is 1. The number of ether oxygens (including phenoxy) is 1. The molecule has 4 N–H and O–H groups in total. The van der Waals surface area contributed by atoms with Crippen LogP contribution in [0.5, 0.6) is 5.75 Å². The second-order valence-electron chi connectivity index (χ2n) is 8.92. The first-order valence-corrected chi connectivity index (χ1v) is 13.9. The fraction of sp³-hybridized carbons (Fsp3) is 0.133. The number of sulfonamides is 1. The Morgan fingerprint density at radius 2 is 1.52 bits per heavy atom. The maximum Gasteiger partial charge on any atom is 0.319 e. The van der Waals surface area contributed by atoms with Gasteiger partial charge in [-0.2, -0.15) is 0 Å². The van der Waals surface area contributed by atoms with Gasteiger partial charge in [-0.25, -0.2) is 17.9 Å². The molecule has 4 rings (SSSR count). The largest absolute Gasteiger partial charge is 0.495 e. The fourth-order valence-electron chi connectivity index (χ4n) is 4.13. The first kappa shape index (κ1) is 28.3. The third-order valence-corrected chi connectivity index (χ3v) is 7.57. The zero-order chi connectivity index (χ0) is 28.5. The first-order valence-electron chi connectivity index (χ1n) is 12.4. The van der Waals surface area contributed by atoms with Crippen LogP contribution in [-0.2, 0) is 21.4 Å². The van der Waals surface area contributed by atoms with Crippen LogP contribution in [0.15, 0.2) is 108 Å². The Balaban J connectivity index is 1.57. The SMILES string of the molecule is COc1ccc(-c2cccc(NC(=O)NCc3ccccc3)c2)cc1S(=O)(=O)N[C@@H](CC(=O)O)c1ccccc1. The Bertz CT molecular complexity index is 1580. The van der Waals surface area contributed by atoms with Crippen molar-refractivity contribution in [2.45, 2.75) is 23.9 Å². The van der Waals surface area contributed by atoms with Crippen LogP contribution >= 0.6 is 0 Å². The van der Waals surface area contributed by atoms with Crippen molar-refractivity contribution in [3.63, 3.8) is 0 Å². The molecule has 0 unspecified atom stereocenters. The number of amides is 2. The van der Waals surface area contributed by atoms with Gasteiger partial charge in [-0.15, -0.1) is 0 Å². The molecule has 0 aliphatic carbocycles. The van der Waals surface area contributed by atoms with E-state index in [2.05, 4.69) is 15.4 Å². The Kier molecular flexibility index (Phi) is 9.15. The molecule has 10 heteroatoms. The van der Waals surface area contributed by atoms with Crippen molar-refractivity contribution < 1.29 is 27.9 Å². The number of rotatable bonds is 11. The number of hydrogen-bond donors (Lipinski definition) is 4. The molecule has 1 atom stereocenters. The van der Waals surface area contributed by atoms with Crippen molar-refractivity contribution >= 4 is 27.7 Å². The summed E-state index contributed by atoms with van der Waals surface area (Å²) >= 11 is 0. The van der Waals surface area contributed by atoms with E-state index < -0.39 is 28.5 Å². The monoisotopic (exact) mass is 559 g/mol. The van der Waals surface area contributed by atoms with E-state index in [-0.39, 0.29) is 16.7 Å². The number of benzene rings is 4. The predicted octanol–water partition coefficient (Wildman–Crippen LogP) is 5.18. The molecule has 0 saturated heterocycles. The maximum absolute atomic E-state index is 13.5. The minimum Gasteiger partial charge on any atom is -0.495 e. The summed E-state index contributed by atoms with van der Waals surface area (Å²) < 4.78 is 34.9. The van der Waals surface area contributed by atoms with Crippen LogP contribution in [0.3, 0.4) is 0 Å². The van der Waals surface area contributed by atoms with Crippen LogP contribution in [0.1, 0.15) is 23.6 Å². The van der Waals surface area contributed by atoms with Crippen LogP contribution < -0.4 is 20.1 Å². The molecule has 0 saturated carbocycles. The average Bonchev–Trinajstić information content (AvgIpc) is 2.96. The van der Waals surface area contributed by atoms with Crippen LogP contribution in [0, 0.1) is 0 Å². The van der Waals surface area contributed by atoms with Crippen molar-refractivity contribution in [1.82, 2.24) is 10.0 Å². The summed E-state index contributed by atoms with van der Waals surface area (Å²) in [5.41, 5.74) is 3.22. The van der Waals surface area contributed by atoms with Gasteiger partial charge in [-0.3, -0.25) is 4.79 Å². The van der Waals surface area contributed by atoms with E-state index in [1.807, 2.05) is 30.3 Å². The summed E-state index contributed by atoms with van der Waals surface area (Å²) in [6.07, 6.45) is -0.439. The lowest BCUT2D eigenvalue weighted by Gasteiger charge is -2.19. The topological polar surface area (TPSA) is 134 Å². The van der Waals surface area contributed by atoms with E-state index in [0.29, 0.717) is 28.9 Å². The Morgan fingerprint density at radius 1 is 0.850 bits per heavy atom. The third-order valence-electron chi connectivity index (χ3n) is 6.08. The lowest BCUT2D eigenvalue weighted by molar-refractivity contribution is -0.137. The summed E-state index contributed by atoms with van der Waals surface area (Å²) in [7, 11) is -2.85. The Morgan fingerprint density at radius 3 is 2.20 bits per heavy atom. The predicted molar refractivity (Wildman–Crippen MR) is 152 cm³/mol. The molecule has 4 aromatic rings. The summed E-state index contributed by atoms with van der Waals surface area (Å²) in [5.74, 6) is -1.04. The molecule has 0 bridgehead atoms. The van der Waals surface area contributed by atoms with Gasteiger partial charge in [-0.1, -0.05) is 78.9 Å². The zero-order valence-electron chi connectivity index (χ0n) is 21.7. The average molecular weight is 560 g/mol. The molecule has 9 nitrogen and oxygen atoms in total. The number of hydrogen-bond acceptors (Lipinski definition) is 5. The normalized spacial score (nSPS) is 11.8. The molecule has 206 valence electrons. The molecule has 0 radical (unpaired) electrons. The fourth-order valence-corrected chi connectivity index (χ4v) is 5.55. The van der Waals surface area contributed by atoms with E-state index in [1.54, 1.807) is 60.7 Å². The van der Waals surface area contributed by atoms with Crippen LogP contribution in [-0.4, -0.2) is 32.6 Å². The Labute approximate surface area is 232 Å². The van der Waals surface area contributed by atoms with Crippen molar-refractivity contribution in [2.75, 3.05) is 12.4 Å². The Hall–Kier alpha value is -4.67. The lowest BCUT2D eigenvalue weighted by atomic mass is 10.0. The zero-order valence-corrected chi connectivity index (χ0v) is 22.5. The summed E-state index contributed by atoms with van der Waals surface area (Å²) in [4.78, 5) is 23.8. The van der Waals surface area contributed by atoms with Gasteiger partial charge < -0.3 is 20.5 Å². The summed E-state index contributed by atoms with van der Waals surface area (Å²) in [6.45, 7) is 0.366. The maximum atomic E-state index is 13.5. The van der Waals surface area contributed by atoms with Gasteiger partial charge >= 0.3 is 12.0 Å². The van der Waals surface area contributed by atoms with E-state index in [4.69, 9.17) is 4.74 Å². The number of carbonyl (C=O) groups is 2. The van der Waals surface area contributed by atoms with Crippen molar-refractivity contribution in [3.05, 3.63) is 114 Å². The standard InChI is InChI=1S/C30H29N3O6S/c1-39-27-16-15-24(18-28(27)40(37,38)33-26(19-29(34)35)22-11-6-3-7-12-22)23-13-8-14-25(17-23)32-30(36)31-20-21-9-4-2-5-10-21/h2-18,26,33H,19-20H2,1H3,(H,34,35)(H2,31,32,36)/t26-/m0/s1. The van der Waals surface area contributed by atoms with E-state index in [9.17, 15) is 23.1 Å². The summed E-state index contributed by atoms with van der Waals surface area (Å²) in [5, 5.41) is 15.0. The highest BCUT2D eigenvalue weighted by Gasteiger charge is 2.27. The lowest BCUT2D eigenvalue weighted by Crippen LogP contribution is -2.30. The number of carbonyl (C=O) groups excluding carboxylic acids is 1.